The van der Waals surface area contributed by atoms with Gasteiger partial charge in [-0.3, -0.25) is 0 Å². The minimum absolute atomic E-state index is 0.0310. The van der Waals surface area contributed by atoms with Crippen LogP contribution < -0.4 is 0 Å². The first kappa shape index (κ1) is 19.3. The lowest BCUT2D eigenvalue weighted by atomic mass is 10.3. The molecule has 3 heterocycles. The van der Waals surface area contributed by atoms with Crippen molar-refractivity contribution < 1.29 is 26.1 Å². The van der Waals surface area contributed by atoms with Gasteiger partial charge in [-0.1, -0.05) is 12.1 Å². The summed E-state index contributed by atoms with van der Waals surface area (Å²) in [5.74, 6) is -1.21. The fourth-order valence-corrected chi connectivity index (χ4v) is 5.59. The number of piperazine rings is 1. The summed E-state index contributed by atoms with van der Waals surface area (Å²) >= 11 is 0.889. The molecule has 1 fully saturated rings. The molecule has 1 saturated heterocycles. The standard InChI is InChI=1S/C15H18F3N3O3S2/c1-2-5-20-6-8-21(9-7-20)26(22,23)14-4-3-12(25-14)11-10-13(24-19-11)15(16,17)18/h3-4,10H,2,5-9H2,1H3. The van der Waals surface area contributed by atoms with Gasteiger partial charge in [0.15, 0.2) is 0 Å². The molecule has 26 heavy (non-hydrogen) atoms. The third-order valence-electron chi connectivity index (χ3n) is 4.09. The van der Waals surface area contributed by atoms with Crippen LogP contribution in [-0.4, -0.2) is 55.5 Å². The quantitative estimate of drug-likeness (QED) is 0.759. The van der Waals surface area contributed by atoms with E-state index in [0.29, 0.717) is 31.1 Å². The van der Waals surface area contributed by atoms with Gasteiger partial charge in [0.1, 0.15) is 9.90 Å². The second-order valence-electron chi connectivity index (χ2n) is 5.94. The van der Waals surface area contributed by atoms with Crippen molar-refractivity contribution in [1.29, 1.82) is 0 Å². The molecule has 0 spiro atoms. The number of rotatable bonds is 5. The number of nitrogens with zero attached hydrogens (tertiary/aromatic N) is 3. The molecule has 0 bridgehead atoms. The van der Waals surface area contributed by atoms with Crippen LogP contribution in [0.1, 0.15) is 19.1 Å². The zero-order valence-electron chi connectivity index (χ0n) is 14.0. The predicted molar refractivity (Wildman–Crippen MR) is 90.3 cm³/mol. The van der Waals surface area contributed by atoms with E-state index in [4.69, 9.17) is 0 Å². The number of thiophene rings is 1. The molecular weight excluding hydrogens is 391 g/mol. The second kappa shape index (κ2) is 7.29. The summed E-state index contributed by atoms with van der Waals surface area (Å²) in [6, 6.07) is 3.62. The van der Waals surface area contributed by atoms with Crippen LogP contribution in [-0.2, 0) is 16.2 Å². The number of halogens is 3. The molecule has 0 saturated carbocycles. The summed E-state index contributed by atoms with van der Waals surface area (Å²) in [6.07, 6.45) is -3.62. The summed E-state index contributed by atoms with van der Waals surface area (Å²) in [6.45, 7) is 5.15. The first-order valence-corrected chi connectivity index (χ1v) is 10.3. The molecular formula is C15H18F3N3O3S2. The smallest absolute Gasteiger partial charge is 0.351 e. The fourth-order valence-electron chi connectivity index (χ4n) is 2.76. The third kappa shape index (κ3) is 3.95. The number of hydrogen-bond acceptors (Lipinski definition) is 6. The van der Waals surface area contributed by atoms with Gasteiger partial charge in [0.05, 0.1) is 4.88 Å². The molecule has 0 aromatic carbocycles. The largest absolute Gasteiger partial charge is 0.452 e. The van der Waals surface area contributed by atoms with Crippen LogP contribution in [0.25, 0.3) is 10.6 Å². The van der Waals surface area contributed by atoms with E-state index in [1.807, 2.05) is 0 Å². The Kier molecular flexibility index (Phi) is 5.42. The molecule has 144 valence electrons. The van der Waals surface area contributed by atoms with Gasteiger partial charge >= 0.3 is 6.18 Å². The summed E-state index contributed by atoms with van der Waals surface area (Å²) in [5, 5.41) is 3.39. The van der Waals surface area contributed by atoms with Crippen molar-refractivity contribution in [2.24, 2.45) is 0 Å². The highest BCUT2D eigenvalue weighted by atomic mass is 32.2. The van der Waals surface area contributed by atoms with Crippen molar-refractivity contribution in [3.8, 4) is 10.6 Å². The molecule has 0 amide bonds. The molecule has 0 aliphatic carbocycles. The highest BCUT2D eigenvalue weighted by molar-refractivity contribution is 7.91. The molecule has 2 aromatic heterocycles. The Morgan fingerprint density at radius 1 is 1.23 bits per heavy atom. The first-order chi connectivity index (χ1) is 12.2. The molecule has 0 atom stereocenters. The highest BCUT2D eigenvalue weighted by Gasteiger charge is 2.36. The van der Waals surface area contributed by atoms with E-state index in [1.165, 1.54) is 16.4 Å². The fraction of sp³-hybridized carbons (Fsp3) is 0.533. The lowest BCUT2D eigenvalue weighted by molar-refractivity contribution is -0.155. The monoisotopic (exact) mass is 409 g/mol. The van der Waals surface area contributed by atoms with Gasteiger partial charge < -0.3 is 9.42 Å². The molecule has 11 heteroatoms. The Morgan fingerprint density at radius 2 is 1.92 bits per heavy atom. The number of alkyl halides is 3. The predicted octanol–water partition coefficient (Wildman–Crippen LogP) is 3.14. The van der Waals surface area contributed by atoms with Crippen molar-refractivity contribution in [1.82, 2.24) is 14.4 Å². The SMILES string of the molecule is CCCN1CCN(S(=O)(=O)c2ccc(-c3cc(C(F)(F)F)on3)s2)CC1. The van der Waals surface area contributed by atoms with E-state index in [-0.39, 0.29) is 9.90 Å². The first-order valence-electron chi connectivity index (χ1n) is 8.08. The zero-order chi connectivity index (χ0) is 18.9. The Balaban J connectivity index is 1.76. The zero-order valence-corrected chi connectivity index (χ0v) is 15.6. The molecule has 0 radical (unpaired) electrons. The van der Waals surface area contributed by atoms with Gasteiger partial charge in [-0.2, -0.15) is 17.5 Å². The lowest BCUT2D eigenvalue weighted by Gasteiger charge is -2.33. The highest BCUT2D eigenvalue weighted by Crippen LogP contribution is 2.36. The topological polar surface area (TPSA) is 66.7 Å². The van der Waals surface area contributed by atoms with Crippen molar-refractivity contribution in [2.75, 3.05) is 32.7 Å². The summed E-state index contributed by atoms with van der Waals surface area (Å²) < 4.78 is 69.1. The summed E-state index contributed by atoms with van der Waals surface area (Å²) in [7, 11) is -3.66. The molecule has 0 unspecified atom stereocenters. The Labute approximate surface area is 153 Å². The van der Waals surface area contributed by atoms with E-state index in [2.05, 4.69) is 21.5 Å². The number of aromatic nitrogens is 1. The Bertz CT molecular complexity index is 853. The third-order valence-corrected chi connectivity index (χ3v) is 7.56. The van der Waals surface area contributed by atoms with Crippen LogP contribution >= 0.6 is 11.3 Å². The average Bonchev–Trinajstić information content (AvgIpc) is 3.25. The second-order valence-corrected chi connectivity index (χ2v) is 9.19. The van der Waals surface area contributed by atoms with E-state index in [1.54, 1.807) is 0 Å². The van der Waals surface area contributed by atoms with Crippen LogP contribution in [0, 0.1) is 0 Å². The number of hydrogen-bond donors (Lipinski definition) is 0. The average molecular weight is 409 g/mol. The van der Waals surface area contributed by atoms with Crippen LogP contribution in [0.4, 0.5) is 13.2 Å². The molecule has 0 N–H and O–H groups in total. The van der Waals surface area contributed by atoms with Gasteiger partial charge in [-0.25, -0.2) is 8.42 Å². The van der Waals surface area contributed by atoms with Gasteiger partial charge in [0.25, 0.3) is 10.0 Å². The van der Waals surface area contributed by atoms with Crippen molar-refractivity contribution in [3.63, 3.8) is 0 Å². The van der Waals surface area contributed by atoms with Crippen LogP contribution in [0.2, 0.25) is 0 Å². The van der Waals surface area contributed by atoms with Gasteiger partial charge in [-0.15, -0.1) is 11.3 Å². The maximum Gasteiger partial charge on any atom is 0.452 e. The van der Waals surface area contributed by atoms with Crippen molar-refractivity contribution >= 4 is 21.4 Å². The molecule has 3 rings (SSSR count). The normalized spacial score (nSPS) is 17.7. The number of sulfonamides is 1. The summed E-state index contributed by atoms with van der Waals surface area (Å²) in [5.41, 5.74) is -0.0310. The maximum absolute atomic E-state index is 12.8. The summed E-state index contributed by atoms with van der Waals surface area (Å²) in [4.78, 5) is 2.52. The van der Waals surface area contributed by atoms with Crippen LogP contribution in [0.15, 0.2) is 26.9 Å². The van der Waals surface area contributed by atoms with E-state index < -0.39 is 22.0 Å². The van der Waals surface area contributed by atoms with Crippen LogP contribution in [0.3, 0.4) is 0 Å². The maximum atomic E-state index is 12.8. The Morgan fingerprint density at radius 3 is 2.50 bits per heavy atom. The van der Waals surface area contributed by atoms with E-state index in [0.717, 1.165) is 30.4 Å². The molecule has 1 aliphatic rings. The molecule has 6 nitrogen and oxygen atoms in total. The van der Waals surface area contributed by atoms with Crippen molar-refractivity contribution in [2.45, 2.75) is 23.7 Å². The Hall–Kier alpha value is -1.43. The lowest BCUT2D eigenvalue weighted by Crippen LogP contribution is -2.48. The molecule has 2 aromatic rings. The van der Waals surface area contributed by atoms with Crippen molar-refractivity contribution in [3.05, 3.63) is 24.0 Å². The van der Waals surface area contributed by atoms with E-state index >= 15 is 0 Å². The van der Waals surface area contributed by atoms with Gasteiger partial charge in [-0.05, 0) is 25.1 Å². The minimum Gasteiger partial charge on any atom is -0.351 e. The van der Waals surface area contributed by atoms with Gasteiger partial charge in [0, 0.05) is 32.2 Å². The van der Waals surface area contributed by atoms with Gasteiger partial charge in [0.2, 0.25) is 5.76 Å². The minimum atomic E-state index is -4.63. The molecule has 1 aliphatic heterocycles. The van der Waals surface area contributed by atoms with E-state index in [9.17, 15) is 21.6 Å². The van der Waals surface area contributed by atoms with Crippen LogP contribution in [0.5, 0.6) is 0 Å².